The Kier molecular flexibility index (Phi) is 5.72. The van der Waals surface area contributed by atoms with Crippen molar-refractivity contribution in [3.05, 3.63) is 0 Å². The summed E-state index contributed by atoms with van der Waals surface area (Å²) in [5.74, 6) is -0.313. The van der Waals surface area contributed by atoms with Crippen LogP contribution in [0.3, 0.4) is 0 Å². The number of nitrogens with two attached hydrogens (primary N) is 1. The molecule has 84 valence electrons. The van der Waals surface area contributed by atoms with Crippen molar-refractivity contribution in [2.45, 2.75) is 27.2 Å². The van der Waals surface area contributed by atoms with E-state index in [2.05, 4.69) is 20.8 Å². The average Bonchev–Trinajstić information content (AvgIpc) is 1.96. The molecule has 0 saturated heterocycles. The van der Waals surface area contributed by atoms with Gasteiger partial charge in [-0.1, -0.05) is 20.8 Å². The molecule has 0 spiro atoms. The second-order valence-electron chi connectivity index (χ2n) is 4.81. The van der Waals surface area contributed by atoms with E-state index in [1.807, 2.05) is 4.90 Å². The van der Waals surface area contributed by atoms with E-state index in [0.717, 1.165) is 13.1 Å². The minimum absolute atomic E-state index is 0.144. The molecule has 1 amide bonds. The van der Waals surface area contributed by atoms with E-state index in [9.17, 15) is 4.79 Å². The first-order valence-electron chi connectivity index (χ1n) is 4.96. The largest absolute Gasteiger partial charge is 0.396 e. The zero-order valence-corrected chi connectivity index (χ0v) is 9.42. The number of aliphatic hydroxyl groups excluding tert-OH is 1. The highest BCUT2D eigenvalue weighted by atomic mass is 16.3. The summed E-state index contributed by atoms with van der Waals surface area (Å²) in [6.07, 6.45) is 0.684. The van der Waals surface area contributed by atoms with E-state index in [-0.39, 0.29) is 24.5 Å². The van der Waals surface area contributed by atoms with Crippen LogP contribution >= 0.6 is 0 Å². The molecule has 0 unspecified atom stereocenters. The topological polar surface area (TPSA) is 66.6 Å². The molecular formula is C10H22N2O2. The Bertz CT molecular complexity index is 175. The van der Waals surface area contributed by atoms with E-state index in [1.54, 1.807) is 0 Å². The van der Waals surface area contributed by atoms with Crippen molar-refractivity contribution in [1.29, 1.82) is 0 Å². The van der Waals surface area contributed by atoms with Gasteiger partial charge < -0.3 is 10.8 Å². The number of carbonyl (C=O) groups is 1. The fraction of sp³-hybridized carbons (Fsp3) is 0.900. The molecule has 0 aromatic rings. The molecule has 0 radical (unpaired) electrons. The van der Waals surface area contributed by atoms with Crippen LogP contribution in [0, 0.1) is 5.41 Å². The van der Waals surface area contributed by atoms with Gasteiger partial charge in [0, 0.05) is 19.7 Å². The zero-order chi connectivity index (χ0) is 11.2. The maximum Gasteiger partial charge on any atom is 0.231 e. The van der Waals surface area contributed by atoms with Crippen molar-refractivity contribution >= 4 is 5.91 Å². The van der Waals surface area contributed by atoms with Gasteiger partial charge in [-0.25, -0.2) is 0 Å². The molecule has 4 heteroatoms. The summed E-state index contributed by atoms with van der Waals surface area (Å²) in [5.41, 5.74) is 5.28. The number of primary amides is 1. The first-order valence-corrected chi connectivity index (χ1v) is 4.96. The molecule has 0 bridgehead atoms. The Morgan fingerprint density at radius 2 is 2.00 bits per heavy atom. The Hall–Kier alpha value is -0.610. The lowest BCUT2D eigenvalue weighted by Crippen LogP contribution is -2.39. The fourth-order valence-corrected chi connectivity index (χ4v) is 1.40. The van der Waals surface area contributed by atoms with Crippen LogP contribution in [0.2, 0.25) is 0 Å². The standard InChI is InChI=1S/C10H22N2O2/c1-10(2,3)8-12(5-4-6-13)7-9(11)14/h13H,4-8H2,1-3H3,(H2,11,14). The van der Waals surface area contributed by atoms with E-state index in [0.29, 0.717) is 6.42 Å². The SMILES string of the molecule is CC(C)(C)CN(CCCO)CC(N)=O. The van der Waals surface area contributed by atoms with Crippen LogP contribution in [0.4, 0.5) is 0 Å². The quantitative estimate of drug-likeness (QED) is 0.646. The average molecular weight is 202 g/mol. The molecule has 0 aromatic carbocycles. The van der Waals surface area contributed by atoms with E-state index >= 15 is 0 Å². The van der Waals surface area contributed by atoms with E-state index < -0.39 is 0 Å². The number of hydrogen-bond donors (Lipinski definition) is 2. The summed E-state index contributed by atoms with van der Waals surface area (Å²) in [6.45, 7) is 8.29. The Morgan fingerprint density at radius 3 is 2.36 bits per heavy atom. The molecule has 0 atom stereocenters. The van der Waals surface area contributed by atoms with Gasteiger partial charge in [-0.2, -0.15) is 0 Å². The molecule has 14 heavy (non-hydrogen) atoms. The maximum atomic E-state index is 10.8. The first kappa shape index (κ1) is 13.4. The van der Waals surface area contributed by atoms with Crippen molar-refractivity contribution in [3.8, 4) is 0 Å². The summed E-state index contributed by atoms with van der Waals surface area (Å²) in [7, 11) is 0. The van der Waals surface area contributed by atoms with Gasteiger partial charge in [0.1, 0.15) is 0 Å². The highest BCUT2D eigenvalue weighted by Gasteiger charge is 2.17. The van der Waals surface area contributed by atoms with Crippen LogP contribution in [-0.4, -0.2) is 42.2 Å². The highest BCUT2D eigenvalue weighted by Crippen LogP contribution is 2.14. The molecule has 0 aliphatic heterocycles. The number of rotatable bonds is 6. The van der Waals surface area contributed by atoms with Crippen LogP contribution < -0.4 is 5.73 Å². The van der Waals surface area contributed by atoms with Crippen molar-refractivity contribution in [1.82, 2.24) is 4.90 Å². The molecule has 4 nitrogen and oxygen atoms in total. The van der Waals surface area contributed by atoms with Gasteiger partial charge in [-0.3, -0.25) is 9.69 Å². The predicted octanol–water partition coefficient (Wildman–Crippen LogP) is 0.202. The zero-order valence-electron chi connectivity index (χ0n) is 9.42. The van der Waals surface area contributed by atoms with Gasteiger partial charge in [-0.05, 0) is 11.8 Å². The smallest absolute Gasteiger partial charge is 0.231 e. The van der Waals surface area contributed by atoms with Crippen molar-refractivity contribution in [3.63, 3.8) is 0 Å². The third kappa shape index (κ3) is 8.01. The maximum absolute atomic E-state index is 10.8. The molecule has 0 aromatic heterocycles. The first-order chi connectivity index (χ1) is 6.35. The Morgan fingerprint density at radius 1 is 1.43 bits per heavy atom. The molecule has 0 heterocycles. The normalized spacial score (nSPS) is 12.1. The Labute approximate surface area is 86.1 Å². The van der Waals surface area contributed by atoms with Gasteiger partial charge in [-0.15, -0.1) is 0 Å². The lowest BCUT2D eigenvalue weighted by atomic mass is 9.96. The van der Waals surface area contributed by atoms with E-state index in [4.69, 9.17) is 10.8 Å². The van der Waals surface area contributed by atoms with Crippen molar-refractivity contribution < 1.29 is 9.90 Å². The monoisotopic (exact) mass is 202 g/mol. The predicted molar refractivity (Wildman–Crippen MR) is 56.8 cm³/mol. The molecule has 0 rings (SSSR count). The molecule has 0 aliphatic carbocycles. The van der Waals surface area contributed by atoms with Gasteiger partial charge in [0.2, 0.25) is 5.91 Å². The van der Waals surface area contributed by atoms with Crippen LogP contribution in [0.25, 0.3) is 0 Å². The molecule has 0 saturated carbocycles. The summed E-state index contributed by atoms with van der Waals surface area (Å²) in [6, 6.07) is 0. The summed E-state index contributed by atoms with van der Waals surface area (Å²) < 4.78 is 0. The van der Waals surface area contributed by atoms with Gasteiger partial charge in [0.05, 0.1) is 6.54 Å². The number of hydrogen-bond acceptors (Lipinski definition) is 3. The van der Waals surface area contributed by atoms with E-state index in [1.165, 1.54) is 0 Å². The lowest BCUT2D eigenvalue weighted by molar-refractivity contribution is -0.119. The van der Waals surface area contributed by atoms with Gasteiger partial charge in [0.15, 0.2) is 0 Å². The van der Waals surface area contributed by atoms with Crippen LogP contribution in [0.1, 0.15) is 27.2 Å². The van der Waals surface area contributed by atoms with Crippen LogP contribution in [0.15, 0.2) is 0 Å². The minimum atomic E-state index is -0.313. The minimum Gasteiger partial charge on any atom is -0.396 e. The molecule has 0 fully saturated rings. The van der Waals surface area contributed by atoms with Gasteiger partial charge in [0.25, 0.3) is 0 Å². The summed E-state index contributed by atoms with van der Waals surface area (Å²) >= 11 is 0. The van der Waals surface area contributed by atoms with Crippen molar-refractivity contribution in [2.75, 3.05) is 26.2 Å². The number of carbonyl (C=O) groups excluding carboxylic acids is 1. The number of nitrogens with zero attached hydrogens (tertiary/aromatic N) is 1. The second kappa shape index (κ2) is 5.98. The second-order valence-corrected chi connectivity index (χ2v) is 4.81. The van der Waals surface area contributed by atoms with Crippen molar-refractivity contribution in [2.24, 2.45) is 11.1 Å². The Balaban J connectivity index is 4.03. The summed E-state index contributed by atoms with van der Waals surface area (Å²) in [5, 5.41) is 8.70. The molecular weight excluding hydrogens is 180 g/mol. The lowest BCUT2D eigenvalue weighted by Gasteiger charge is -2.28. The third-order valence-electron chi connectivity index (χ3n) is 1.71. The number of aliphatic hydroxyl groups is 1. The molecule has 3 N–H and O–H groups in total. The van der Waals surface area contributed by atoms with Gasteiger partial charge >= 0.3 is 0 Å². The third-order valence-corrected chi connectivity index (χ3v) is 1.71. The van der Waals surface area contributed by atoms with Crippen LogP contribution in [0.5, 0.6) is 0 Å². The highest BCUT2D eigenvalue weighted by molar-refractivity contribution is 5.75. The fourth-order valence-electron chi connectivity index (χ4n) is 1.40. The molecule has 0 aliphatic rings. The van der Waals surface area contributed by atoms with Crippen LogP contribution in [-0.2, 0) is 4.79 Å². The summed E-state index contributed by atoms with van der Waals surface area (Å²) in [4.78, 5) is 12.8. The number of amides is 1.